The Morgan fingerprint density at radius 1 is 0.913 bits per heavy atom. The number of hydrogen-bond acceptors (Lipinski definition) is 1. The molecule has 0 N–H and O–H groups in total. The second kappa shape index (κ2) is 5.40. The van der Waals surface area contributed by atoms with E-state index in [1.54, 1.807) is 0 Å². The summed E-state index contributed by atoms with van der Waals surface area (Å²) in [5, 5.41) is 0. The zero-order chi connectivity index (χ0) is 17.7. The highest BCUT2D eigenvalue weighted by molar-refractivity contribution is 5.34. The Balaban J connectivity index is 2.28. The van der Waals surface area contributed by atoms with Crippen LogP contribution in [-0.2, 0) is 23.5 Å². The van der Waals surface area contributed by atoms with E-state index in [9.17, 15) is 26.3 Å². The van der Waals surface area contributed by atoms with E-state index in [-0.39, 0.29) is 23.5 Å². The number of epoxide rings is 1. The van der Waals surface area contributed by atoms with Crippen LogP contribution in [0.4, 0.5) is 26.3 Å². The van der Waals surface area contributed by atoms with Gasteiger partial charge in [0.2, 0.25) is 0 Å². The van der Waals surface area contributed by atoms with Gasteiger partial charge in [-0.2, -0.15) is 26.3 Å². The topological polar surface area (TPSA) is 12.5 Å². The summed E-state index contributed by atoms with van der Waals surface area (Å²) >= 11 is 0. The molecule has 1 aromatic rings. The van der Waals surface area contributed by atoms with Crippen LogP contribution in [0, 0.1) is 5.41 Å². The van der Waals surface area contributed by atoms with Crippen molar-refractivity contribution < 1.29 is 31.1 Å². The summed E-state index contributed by atoms with van der Waals surface area (Å²) in [6.45, 7) is 6.29. The van der Waals surface area contributed by atoms with Crippen molar-refractivity contribution in [2.75, 3.05) is 6.61 Å². The summed E-state index contributed by atoms with van der Waals surface area (Å²) in [6, 6.07) is 1.72. The molecule has 0 aliphatic carbocycles. The maximum Gasteiger partial charge on any atom is 0.416 e. The lowest BCUT2D eigenvalue weighted by Gasteiger charge is -2.27. The summed E-state index contributed by atoms with van der Waals surface area (Å²) < 4.78 is 82.4. The summed E-state index contributed by atoms with van der Waals surface area (Å²) in [5.74, 6) is 0. The van der Waals surface area contributed by atoms with Crippen LogP contribution >= 0.6 is 0 Å². The Bertz CT molecular complexity index is 543. The summed E-state index contributed by atoms with van der Waals surface area (Å²) in [7, 11) is 0. The zero-order valence-corrected chi connectivity index (χ0v) is 13.0. The number of aryl methyl sites for hydroxylation is 1. The minimum absolute atomic E-state index is 0.0197. The van der Waals surface area contributed by atoms with Gasteiger partial charge in [0.05, 0.1) is 23.3 Å². The SMILES string of the molecule is CC(C)(C)C1(CCc2cc(C(F)(F)F)cc(C(F)(F)F)c2)CO1. The Hall–Kier alpha value is -1.24. The number of ether oxygens (including phenoxy) is 1. The Kier molecular flexibility index (Phi) is 4.25. The largest absolute Gasteiger partial charge is 0.416 e. The van der Waals surface area contributed by atoms with Gasteiger partial charge in [-0.1, -0.05) is 20.8 Å². The highest BCUT2D eigenvalue weighted by atomic mass is 19.4. The molecule has 1 atom stereocenters. The first-order chi connectivity index (χ1) is 10.2. The molecule has 0 spiro atoms. The predicted molar refractivity (Wildman–Crippen MR) is 72.9 cm³/mol. The average Bonchev–Trinajstić information content (AvgIpc) is 3.14. The summed E-state index contributed by atoms with van der Waals surface area (Å²) in [4.78, 5) is 0. The van der Waals surface area contributed by atoms with Crippen LogP contribution in [0.5, 0.6) is 0 Å². The van der Waals surface area contributed by atoms with E-state index in [1.165, 1.54) is 0 Å². The van der Waals surface area contributed by atoms with E-state index in [0.29, 0.717) is 13.0 Å². The molecule has 1 saturated heterocycles. The number of benzene rings is 1. The Morgan fingerprint density at radius 2 is 1.35 bits per heavy atom. The first-order valence-corrected chi connectivity index (χ1v) is 7.17. The number of halogens is 6. The standard InChI is InChI=1S/C16H18F6O/c1-13(2,3)14(9-23-14)5-4-10-6-11(15(17,18)19)8-12(7-10)16(20,21)22/h6-8H,4-5,9H2,1-3H3. The molecule has 0 aromatic heterocycles. The van der Waals surface area contributed by atoms with Crippen LogP contribution in [0.15, 0.2) is 18.2 Å². The molecule has 1 aromatic carbocycles. The summed E-state index contributed by atoms with van der Waals surface area (Å²) in [5.41, 5.74) is -3.22. The van der Waals surface area contributed by atoms with Gasteiger partial charge in [0.25, 0.3) is 0 Å². The monoisotopic (exact) mass is 340 g/mol. The zero-order valence-electron chi connectivity index (χ0n) is 13.0. The van der Waals surface area contributed by atoms with Crippen LogP contribution in [0.25, 0.3) is 0 Å². The lowest BCUT2D eigenvalue weighted by atomic mass is 9.77. The first-order valence-electron chi connectivity index (χ1n) is 7.17. The van der Waals surface area contributed by atoms with Crippen LogP contribution in [0.2, 0.25) is 0 Å². The molecule has 0 bridgehead atoms. The molecule has 0 saturated carbocycles. The van der Waals surface area contributed by atoms with Crippen molar-refractivity contribution in [3.05, 3.63) is 34.9 Å². The van der Waals surface area contributed by atoms with Crippen molar-refractivity contribution in [3.8, 4) is 0 Å². The van der Waals surface area contributed by atoms with E-state index in [4.69, 9.17) is 4.74 Å². The minimum Gasteiger partial charge on any atom is -0.369 e. The number of rotatable bonds is 3. The van der Waals surface area contributed by atoms with Crippen molar-refractivity contribution in [3.63, 3.8) is 0 Å². The van der Waals surface area contributed by atoms with Crippen molar-refractivity contribution in [1.29, 1.82) is 0 Å². The quantitative estimate of drug-likeness (QED) is 0.525. The van der Waals surface area contributed by atoms with Gasteiger partial charge in [0.1, 0.15) is 0 Å². The molecule has 130 valence electrons. The van der Waals surface area contributed by atoms with Crippen molar-refractivity contribution in [2.24, 2.45) is 5.41 Å². The van der Waals surface area contributed by atoms with Gasteiger partial charge in [0, 0.05) is 0 Å². The molecule has 2 rings (SSSR count). The normalized spacial score (nSPS) is 22.3. The van der Waals surface area contributed by atoms with Gasteiger partial charge >= 0.3 is 12.4 Å². The maximum atomic E-state index is 12.8. The fraction of sp³-hybridized carbons (Fsp3) is 0.625. The predicted octanol–water partition coefficient (Wildman–Crippen LogP) is 5.47. The van der Waals surface area contributed by atoms with E-state index < -0.39 is 29.1 Å². The van der Waals surface area contributed by atoms with Crippen molar-refractivity contribution in [1.82, 2.24) is 0 Å². The smallest absolute Gasteiger partial charge is 0.369 e. The third kappa shape index (κ3) is 4.00. The molecule has 1 heterocycles. The van der Waals surface area contributed by atoms with Gasteiger partial charge in [-0.05, 0) is 42.0 Å². The first kappa shape index (κ1) is 18.1. The minimum atomic E-state index is -4.81. The van der Waals surface area contributed by atoms with Gasteiger partial charge in [-0.15, -0.1) is 0 Å². The van der Waals surface area contributed by atoms with E-state index in [1.807, 2.05) is 20.8 Å². The molecular formula is C16H18F6O. The molecule has 1 aliphatic rings. The van der Waals surface area contributed by atoms with Gasteiger partial charge in [-0.3, -0.25) is 0 Å². The average molecular weight is 340 g/mol. The second-order valence-corrected chi connectivity index (χ2v) is 6.95. The summed E-state index contributed by atoms with van der Waals surface area (Å²) in [6.07, 6.45) is -9.14. The molecule has 7 heteroatoms. The number of hydrogen-bond donors (Lipinski definition) is 0. The molecule has 1 aliphatic heterocycles. The fourth-order valence-corrected chi connectivity index (χ4v) is 2.55. The third-order valence-electron chi connectivity index (χ3n) is 4.32. The van der Waals surface area contributed by atoms with Crippen LogP contribution in [0.1, 0.15) is 43.9 Å². The molecule has 23 heavy (non-hydrogen) atoms. The van der Waals surface area contributed by atoms with E-state index in [0.717, 1.165) is 12.1 Å². The van der Waals surface area contributed by atoms with Gasteiger partial charge in [-0.25, -0.2) is 0 Å². The van der Waals surface area contributed by atoms with Crippen LogP contribution < -0.4 is 0 Å². The maximum absolute atomic E-state index is 12.8. The van der Waals surface area contributed by atoms with Gasteiger partial charge in [0.15, 0.2) is 0 Å². The highest BCUT2D eigenvalue weighted by Crippen LogP contribution is 2.47. The Labute approximate surface area is 130 Å². The fourth-order valence-electron chi connectivity index (χ4n) is 2.55. The molecule has 0 amide bonds. The van der Waals surface area contributed by atoms with E-state index >= 15 is 0 Å². The second-order valence-electron chi connectivity index (χ2n) is 6.95. The molecule has 1 fully saturated rings. The van der Waals surface area contributed by atoms with Crippen LogP contribution in [0.3, 0.4) is 0 Å². The lowest BCUT2D eigenvalue weighted by molar-refractivity contribution is -0.143. The molecule has 1 unspecified atom stereocenters. The number of alkyl halides is 6. The van der Waals surface area contributed by atoms with E-state index in [2.05, 4.69) is 0 Å². The highest BCUT2D eigenvalue weighted by Gasteiger charge is 2.53. The van der Waals surface area contributed by atoms with Crippen molar-refractivity contribution in [2.45, 2.75) is 51.6 Å². The third-order valence-corrected chi connectivity index (χ3v) is 4.32. The molecular weight excluding hydrogens is 322 g/mol. The Morgan fingerprint density at radius 3 is 1.65 bits per heavy atom. The lowest BCUT2D eigenvalue weighted by Crippen LogP contribution is -2.30. The molecule has 0 radical (unpaired) electrons. The van der Waals surface area contributed by atoms with Crippen LogP contribution in [-0.4, -0.2) is 12.2 Å². The van der Waals surface area contributed by atoms with Gasteiger partial charge < -0.3 is 4.74 Å². The molecule has 1 nitrogen and oxygen atoms in total. The van der Waals surface area contributed by atoms with Crippen molar-refractivity contribution >= 4 is 0 Å².